The van der Waals surface area contributed by atoms with Crippen molar-refractivity contribution in [3.05, 3.63) is 51.8 Å². The number of rotatable bonds is 8. The standard InChI is InChI=1S/C21H23ClF3N3O4S2/c1-5-34(31,32)16-7-13(21(23,24)25)9-26-18(16)20(30)28-17-11(2)6-14(22)8-15(17)19(29)27-12(3)10-33-4/h6-9,12H,5,10H2,1-4H3,(H,27,29)(H,28,30). The average Bonchev–Trinajstić information content (AvgIpc) is 2.74. The van der Waals surface area contributed by atoms with Crippen LogP contribution in [0, 0.1) is 6.92 Å². The molecule has 0 bridgehead atoms. The van der Waals surface area contributed by atoms with E-state index in [1.54, 1.807) is 13.8 Å². The van der Waals surface area contributed by atoms with E-state index in [0.717, 1.165) is 0 Å². The molecule has 0 saturated heterocycles. The highest BCUT2D eigenvalue weighted by atomic mass is 35.5. The number of thioether (sulfide) groups is 1. The van der Waals surface area contributed by atoms with Crippen LogP contribution in [0.1, 0.15) is 45.8 Å². The number of hydrogen-bond acceptors (Lipinski definition) is 6. The molecule has 1 aromatic carbocycles. The highest BCUT2D eigenvalue weighted by Crippen LogP contribution is 2.32. The summed E-state index contributed by atoms with van der Waals surface area (Å²) in [6.07, 6.45) is -2.60. The number of sulfone groups is 1. The monoisotopic (exact) mass is 537 g/mol. The number of benzene rings is 1. The van der Waals surface area contributed by atoms with Gasteiger partial charge in [-0.2, -0.15) is 24.9 Å². The number of nitrogens with zero attached hydrogens (tertiary/aromatic N) is 1. The van der Waals surface area contributed by atoms with Crippen LogP contribution >= 0.6 is 23.4 Å². The quantitative estimate of drug-likeness (QED) is 0.510. The number of carbonyl (C=O) groups is 2. The summed E-state index contributed by atoms with van der Waals surface area (Å²) in [7, 11) is -4.24. The minimum Gasteiger partial charge on any atom is -0.349 e. The lowest BCUT2D eigenvalue weighted by molar-refractivity contribution is -0.138. The highest BCUT2D eigenvalue weighted by molar-refractivity contribution is 7.98. The summed E-state index contributed by atoms with van der Waals surface area (Å²) in [6, 6.07) is 2.98. The van der Waals surface area contributed by atoms with Crippen molar-refractivity contribution in [3.63, 3.8) is 0 Å². The first-order chi connectivity index (χ1) is 15.7. The van der Waals surface area contributed by atoms with Crippen LogP contribution in [-0.4, -0.2) is 49.0 Å². The summed E-state index contributed by atoms with van der Waals surface area (Å²) in [6.45, 7) is 4.59. The largest absolute Gasteiger partial charge is 0.417 e. The van der Waals surface area contributed by atoms with Crippen molar-refractivity contribution in [2.75, 3.05) is 23.1 Å². The van der Waals surface area contributed by atoms with Gasteiger partial charge in [0.25, 0.3) is 11.8 Å². The van der Waals surface area contributed by atoms with E-state index in [2.05, 4.69) is 15.6 Å². The summed E-state index contributed by atoms with van der Waals surface area (Å²) < 4.78 is 64.3. The Hall–Kier alpha value is -2.31. The van der Waals surface area contributed by atoms with Crippen molar-refractivity contribution >= 4 is 50.7 Å². The van der Waals surface area contributed by atoms with Gasteiger partial charge >= 0.3 is 6.18 Å². The van der Waals surface area contributed by atoms with Gasteiger partial charge in [-0.05, 0) is 43.9 Å². The van der Waals surface area contributed by atoms with Gasteiger partial charge in [0, 0.05) is 23.0 Å². The molecule has 0 fully saturated rings. The van der Waals surface area contributed by atoms with Gasteiger partial charge in [-0.1, -0.05) is 18.5 Å². The van der Waals surface area contributed by atoms with Gasteiger partial charge in [0.05, 0.1) is 27.5 Å². The molecule has 1 unspecified atom stereocenters. The van der Waals surface area contributed by atoms with E-state index >= 15 is 0 Å². The second kappa shape index (κ2) is 11.0. The third-order valence-corrected chi connectivity index (χ3v) is 7.48. The maximum Gasteiger partial charge on any atom is 0.417 e. The second-order valence-corrected chi connectivity index (χ2v) is 11.0. The molecule has 34 heavy (non-hydrogen) atoms. The first-order valence-corrected chi connectivity index (χ1v) is 13.3. The molecule has 13 heteroatoms. The van der Waals surface area contributed by atoms with Gasteiger partial charge in [-0.15, -0.1) is 0 Å². The fraction of sp³-hybridized carbons (Fsp3) is 0.381. The highest BCUT2D eigenvalue weighted by Gasteiger charge is 2.34. The summed E-state index contributed by atoms with van der Waals surface area (Å²) in [5, 5.41) is 5.42. The second-order valence-electron chi connectivity index (χ2n) is 7.40. The van der Waals surface area contributed by atoms with E-state index in [4.69, 9.17) is 11.6 Å². The molecule has 0 spiro atoms. The third kappa shape index (κ3) is 6.63. The SMILES string of the molecule is CCS(=O)(=O)c1cc(C(F)(F)F)cnc1C(=O)Nc1c(C)cc(Cl)cc1C(=O)NC(C)CSC. The minimum absolute atomic E-state index is 0.0121. The first-order valence-electron chi connectivity index (χ1n) is 9.92. The fourth-order valence-electron chi connectivity index (χ4n) is 3.02. The van der Waals surface area contributed by atoms with Crippen LogP contribution in [-0.2, 0) is 16.0 Å². The molecule has 1 aromatic heterocycles. The predicted molar refractivity (Wildman–Crippen MR) is 126 cm³/mol. The molecule has 7 nitrogen and oxygen atoms in total. The number of nitrogens with one attached hydrogen (secondary N) is 2. The number of aromatic nitrogens is 1. The Kier molecular flexibility index (Phi) is 9.00. The smallest absolute Gasteiger partial charge is 0.349 e. The molecule has 1 atom stereocenters. The summed E-state index contributed by atoms with van der Waals surface area (Å²) in [4.78, 5) is 28.5. The third-order valence-electron chi connectivity index (χ3n) is 4.69. The van der Waals surface area contributed by atoms with Crippen LogP contribution in [0.2, 0.25) is 5.02 Å². The Morgan fingerprint density at radius 2 is 1.85 bits per heavy atom. The van der Waals surface area contributed by atoms with Crippen molar-refractivity contribution < 1.29 is 31.2 Å². The number of halogens is 4. The summed E-state index contributed by atoms with van der Waals surface area (Å²) >= 11 is 7.60. The molecule has 2 aromatic rings. The normalized spacial score (nSPS) is 12.8. The van der Waals surface area contributed by atoms with Crippen LogP contribution in [0.15, 0.2) is 29.3 Å². The molecule has 0 aliphatic carbocycles. The van der Waals surface area contributed by atoms with Crippen LogP contribution in [0.5, 0.6) is 0 Å². The molecular weight excluding hydrogens is 515 g/mol. The van der Waals surface area contributed by atoms with Crippen molar-refractivity contribution in [1.82, 2.24) is 10.3 Å². The lowest BCUT2D eigenvalue weighted by Gasteiger charge is -2.18. The Morgan fingerprint density at radius 3 is 2.41 bits per heavy atom. The minimum atomic E-state index is -4.86. The van der Waals surface area contributed by atoms with E-state index < -0.39 is 49.7 Å². The van der Waals surface area contributed by atoms with Gasteiger partial charge in [0.15, 0.2) is 9.84 Å². The number of anilines is 1. The summed E-state index contributed by atoms with van der Waals surface area (Å²) in [5.74, 6) is -1.54. The number of aryl methyl sites for hydroxylation is 1. The maximum atomic E-state index is 13.1. The maximum absolute atomic E-state index is 13.1. The molecular formula is C21H23ClF3N3O4S2. The van der Waals surface area contributed by atoms with E-state index in [-0.39, 0.29) is 22.3 Å². The predicted octanol–water partition coefficient (Wildman–Crippen LogP) is 4.59. The van der Waals surface area contributed by atoms with Crippen LogP contribution in [0.3, 0.4) is 0 Å². The molecule has 186 valence electrons. The Balaban J connectivity index is 2.55. The van der Waals surface area contributed by atoms with Gasteiger partial charge < -0.3 is 10.6 Å². The Bertz CT molecular complexity index is 1200. The van der Waals surface area contributed by atoms with Crippen LogP contribution in [0.4, 0.5) is 18.9 Å². The van der Waals surface area contributed by atoms with Gasteiger partial charge in [0.1, 0.15) is 5.69 Å². The van der Waals surface area contributed by atoms with E-state index in [1.165, 1.54) is 30.8 Å². The molecule has 2 rings (SSSR count). The van der Waals surface area contributed by atoms with Crippen LogP contribution < -0.4 is 10.6 Å². The average molecular weight is 538 g/mol. The Labute approximate surface area is 204 Å². The number of alkyl halides is 3. The van der Waals surface area contributed by atoms with E-state index in [9.17, 15) is 31.2 Å². The number of carbonyl (C=O) groups excluding carboxylic acids is 2. The zero-order valence-electron chi connectivity index (χ0n) is 18.7. The van der Waals surface area contributed by atoms with Crippen molar-refractivity contribution in [1.29, 1.82) is 0 Å². The fourth-order valence-corrected chi connectivity index (χ4v) is 4.93. The number of amides is 2. The first kappa shape index (κ1) is 27.9. The van der Waals surface area contributed by atoms with Crippen LogP contribution in [0.25, 0.3) is 0 Å². The molecule has 0 saturated carbocycles. The number of hydrogen-bond donors (Lipinski definition) is 2. The molecule has 0 radical (unpaired) electrons. The van der Waals surface area contributed by atoms with E-state index in [1.807, 2.05) is 6.26 Å². The zero-order chi connectivity index (χ0) is 25.8. The van der Waals surface area contributed by atoms with Gasteiger partial charge in [0.2, 0.25) is 0 Å². The van der Waals surface area contributed by atoms with Gasteiger partial charge in [-0.25, -0.2) is 13.4 Å². The lowest BCUT2D eigenvalue weighted by Crippen LogP contribution is -2.35. The Morgan fingerprint density at radius 1 is 1.21 bits per heavy atom. The topological polar surface area (TPSA) is 105 Å². The van der Waals surface area contributed by atoms with E-state index in [0.29, 0.717) is 23.6 Å². The molecule has 0 aliphatic rings. The zero-order valence-corrected chi connectivity index (χ0v) is 21.1. The summed E-state index contributed by atoms with van der Waals surface area (Å²) in [5.41, 5.74) is -1.59. The molecule has 0 aliphatic heterocycles. The molecule has 2 amide bonds. The van der Waals surface area contributed by atoms with Crippen molar-refractivity contribution in [2.45, 2.75) is 37.9 Å². The molecule has 2 N–H and O–H groups in total. The number of pyridine rings is 1. The van der Waals surface area contributed by atoms with Gasteiger partial charge in [-0.3, -0.25) is 9.59 Å². The van der Waals surface area contributed by atoms with Crippen molar-refractivity contribution in [2.24, 2.45) is 0 Å². The molecule has 1 heterocycles. The van der Waals surface area contributed by atoms with Crippen molar-refractivity contribution in [3.8, 4) is 0 Å². The lowest BCUT2D eigenvalue weighted by atomic mass is 10.1.